The Bertz CT molecular complexity index is 396. The van der Waals surface area contributed by atoms with Crippen LogP contribution in [-0.4, -0.2) is 22.4 Å². The third kappa shape index (κ3) is 4.97. The molecule has 4 nitrogen and oxygen atoms in total. The lowest BCUT2D eigenvalue weighted by atomic mass is 9.89. The molecule has 0 bridgehead atoms. The smallest absolute Gasteiger partial charge is 0.220 e. The molecule has 0 atom stereocenters. The second-order valence-electron chi connectivity index (χ2n) is 5.48. The van der Waals surface area contributed by atoms with E-state index in [9.17, 15) is 4.79 Å². The van der Waals surface area contributed by atoms with Gasteiger partial charge in [0.25, 0.3) is 0 Å². The van der Waals surface area contributed by atoms with E-state index in [2.05, 4.69) is 15.3 Å². The minimum atomic E-state index is 0.120. The maximum absolute atomic E-state index is 11.8. The van der Waals surface area contributed by atoms with Gasteiger partial charge in [0.1, 0.15) is 5.82 Å². The van der Waals surface area contributed by atoms with Crippen molar-refractivity contribution in [1.82, 2.24) is 15.3 Å². The molecular formula is C15H23N3O. The maximum atomic E-state index is 11.8. The van der Waals surface area contributed by atoms with E-state index in [4.69, 9.17) is 0 Å². The predicted molar refractivity (Wildman–Crippen MR) is 74.7 cm³/mol. The van der Waals surface area contributed by atoms with E-state index in [1.165, 1.54) is 32.1 Å². The van der Waals surface area contributed by atoms with Crippen LogP contribution in [0.25, 0.3) is 0 Å². The number of hydrogen-bond acceptors (Lipinski definition) is 3. The van der Waals surface area contributed by atoms with Crippen molar-refractivity contribution in [2.24, 2.45) is 5.92 Å². The Hall–Kier alpha value is -1.45. The van der Waals surface area contributed by atoms with Gasteiger partial charge in [0.05, 0.1) is 0 Å². The van der Waals surface area contributed by atoms with Gasteiger partial charge in [-0.15, -0.1) is 0 Å². The summed E-state index contributed by atoms with van der Waals surface area (Å²) in [6.45, 7) is 2.80. The first kappa shape index (κ1) is 14.0. The lowest BCUT2D eigenvalue weighted by molar-refractivity contribution is -0.121. The van der Waals surface area contributed by atoms with Crippen LogP contribution < -0.4 is 5.32 Å². The molecule has 1 N–H and O–H groups in total. The minimum Gasteiger partial charge on any atom is -0.356 e. The minimum absolute atomic E-state index is 0.120. The van der Waals surface area contributed by atoms with Gasteiger partial charge in [0.2, 0.25) is 5.91 Å². The number of nitrogens with one attached hydrogen (secondary N) is 1. The number of aromatic nitrogens is 2. The van der Waals surface area contributed by atoms with Crippen LogP contribution in [0.15, 0.2) is 12.4 Å². The molecule has 2 rings (SSSR count). The van der Waals surface area contributed by atoms with Gasteiger partial charge in [0, 0.05) is 31.8 Å². The Morgan fingerprint density at radius 3 is 2.63 bits per heavy atom. The van der Waals surface area contributed by atoms with Crippen molar-refractivity contribution in [3.8, 4) is 0 Å². The fraction of sp³-hybridized carbons (Fsp3) is 0.667. The van der Waals surface area contributed by atoms with Crippen LogP contribution in [0.4, 0.5) is 0 Å². The molecule has 0 unspecified atom stereocenters. The topological polar surface area (TPSA) is 54.9 Å². The van der Waals surface area contributed by atoms with E-state index in [-0.39, 0.29) is 5.91 Å². The van der Waals surface area contributed by atoms with Crippen LogP contribution in [0.3, 0.4) is 0 Å². The molecule has 1 aromatic rings. The Morgan fingerprint density at radius 1 is 1.26 bits per heavy atom. The summed E-state index contributed by atoms with van der Waals surface area (Å²) >= 11 is 0. The average molecular weight is 261 g/mol. The van der Waals surface area contributed by atoms with E-state index in [0.717, 1.165) is 17.9 Å². The molecule has 1 heterocycles. The number of carbonyl (C=O) groups excluding carboxylic acids is 1. The van der Waals surface area contributed by atoms with Crippen molar-refractivity contribution in [2.45, 2.75) is 51.9 Å². The molecule has 1 aliphatic rings. The number of nitrogens with zero attached hydrogens (tertiary/aromatic N) is 2. The molecule has 0 spiro atoms. The molecule has 19 heavy (non-hydrogen) atoms. The molecule has 1 aliphatic carbocycles. The molecule has 1 aromatic heterocycles. The van der Waals surface area contributed by atoms with Crippen molar-refractivity contribution in [1.29, 1.82) is 0 Å². The summed E-state index contributed by atoms with van der Waals surface area (Å²) in [4.78, 5) is 20.2. The first-order valence-electron chi connectivity index (χ1n) is 7.28. The largest absolute Gasteiger partial charge is 0.356 e. The van der Waals surface area contributed by atoms with E-state index < -0.39 is 0 Å². The molecule has 1 amide bonds. The third-order valence-corrected chi connectivity index (χ3v) is 3.72. The summed E-state index contributed by atoms with van der Waals surface area (Å²) < 4.78 is 0. The van der Waals surface area contributed by atoms with Crippen molar-refractivity contribution >= 4 is 5.91 Å². The number of hydrogen-bond donors (Lipinski definition) is 1. The summed E-state index contributed by atoms with van der Waals surface area (Å²) in [5.41, 5.74) is 1.05. The standard InChI is InChI=1S/C15H23N3O/c1-12-9-16-14(17-10-12)7-8-15(19)18-11-13-5-3-2-4-6-13/h9-10,13H,2-8,11H2,1H3,(H,18,19). The highest BCUT2D eigenvalue weighted by Gasteiger charge is 2.14. The van der Waals surface area contributed by atoms with Gasteiger partial charge in [-0.3, -0.25) is 4.79 Å². The van der Waals surface area contributed by atoms with E-state index >= 15 is 0 Å². The number of amides is 1. The summed E-state index contributed by atoms with van der Waals surface area (Å²) in [6.07, 6.45) is 11.2. The van der Waals surface area contributed by atoms with Crippen LogP contribution >= 0.6 is 0 Å². The Kier molecular flexibility index (Phi) is 5.31. The Balaban J connectivity index is 1.65. The molecule has 104 valence electrons. The van der Waals surface area contributed by atoms with Gasteiger partial charge >= 0.3 is 0 Å². The Morgan fingerprint density at radius 2 is 1.95 bits per heavy atom. The molecule has 0 aliphatic heterocycles. The highest BCUT2D eigenvalue weighted by Crippen LogP contribution is 2.22. The van der Waals surface area contributed by atoms with Crippen LogP contribution in [0.5, 0.6) is 0 Å². The zero-order chi connectivity index (χ0) is 13.5. The fourth-order valence-electron chi connectivity index (χ4n) is 2.51. The monoisotopic (exact) mass is 261 g/mol. The highest BCUT2D eigenvalue weighted by molar-refractivity contribution is 5.76. The van der Waals surface area contributed by atoms with E-state index in [1.54, 1.807) is 12.4 Å². The predicted octanol–water partition coefficient (Wildman–Crippen LogP) is 2.41. The summed E-state index contributed by atoms with van der Waals surface area (Å²) in [7, 11) is 0. The lowest BCUT2D eigenvalue weighted by Crippen LogP contribution is -2.30. The second-order valence-corrected chi connectivity index (χ2v) is 5.48. The van der Waals surface area contributed by atoms with Crippen molar-refractivity contribution in [3.63, 3.8) is 0 Å². The number of aryl methyl sites for hydroxylation is 2. The highest BCUT2D eigenvalue weighted by atomic mass is 16.1. The number of rotatable bonds is 5. The first-order valence-corrected chi connectivity index (χ1v) is 7.28. The van der Waals surface area contributed by atoms with E-state index in [1.807, 2.05) is 6.92 Å². The molecule has 1 fully saturated rings. The lowest BCUT2D eigenvalue weighted by Gasteiger charge is -2.21. The number of carbonyl (C=O) groups is 1. The van der Waals surface area contributed by atoms with Gasteiger partial charge in [-0.05, 0) is 31.2 Å². The fourth-order valence-corrected chi connectivity index (χ4v) is 2.51. The third-order valence-electron chi connectivity index (χ3n) is 3.72. The van der Waals surface area contributed by atoms with Crippen molar-refractivity contribution in [3.05, 3.63) is 23.8 Å². The van der Waals surface area contributed by atoms with Crippen molar-refractivity contribution in [2.75, 3.05) is 6.54 Å². The zero-order valence-electron chi connectivity index (χ0n) is 11.7. The van der Waals surface area contributed by atoms with Gasteiger partial charge in [-0.25, -0.2) is 9.97 Å². The average Bonchev–Trinajstić information content (AvgIpc) is 2.45. The molecule has 1 saturated carbocycles. The normalized spacial score (nSPS) is 16.3. The second kappa shape index (κ2) is 7.22. The molecular weight excluding hydrogens is 238 g/mol. The molecule has 0 aromatic carbocycles. The van der Waals surface area contributed by atoms with Gasteiger partial charge in [-0.2, -0.15) is 0 Å². The van der Waals surface area contributed by atoms with Crippen molar-refractivity contribution < 1.29 is 4.79 Å². The summed E-state index contributed by atoms with van der Waals surface area (Å²) in [5, 5.41) is 3.04. The Labute approximate surface area is 115 Å². The van der Waals surface area contributed by atoms with Crippen LogP contribution in [0.2, 0.25) is 0 Å². The van der Waals surface area contributed by atoms with E-state index in [0.29, 0.717) is 18.8 Å². The zero-order valence-corrected chi connectivity index (χ0v) is 11.7. The first-order chi connectivity index (χ1) is 9.24. The van der Waals surface area contributed by atoms with Gasteiger partial charge in [0.15, 0.2) is 0 Å². The molecule has 0 saturated heterocycles. The van der Waals surface area contributed by atoms with Gasteiger partial charge < -0.3 is 5.32 Å². The van der Waals surface area contributed by atoms with Crippen LogP contribution in [0.1, 0.15) is 49.9 Å². The maximum Gasteiger partial charge on any atom is 0.220 e. The van der Waals surface area contributed by atoms with Gasteiger partial charge in [-0.1, -0.05) is 19.3 Å². The molecule has 0 radical (unpaired) electrons. The van der Waals surface area contributed by atoms with Crippen LogP contribution in [-0.2, 0) is 11.2 Å². The molecule has 4 heteroatoms. The summed E-state index contributed by atoms with van der Waals surface area (Å²) in [6, 6.07) is 0. The van der Waals surface area contributed by atoms with Crippen LogP contribution in [0, 0.1) is 12.8 Å². The summed E-state index contributed by atoms with van der Waals surface area (Å²) in [5.74, 6) is 1.56. The SMILES string of the molecule is Cc1cnc(CCC(=O)NCC2CCCCC2)nc1. The quantitative estimate of drug-likeness (QED) is 0.885.